The number of cyclic esters (lactones) is 1. The number of hydrogen-bond donors (Lipinski definition) is 0. The molecule has 2 aromatic carbocycles. The molecule has 3 aromatic rings. The number of benzene rings is 2. The number of aromatic nitrogens is 3. The highest BCUT2D eigenvalue weighted by molar-refractivity contribution is 6.74. The van der Waals surface area contributed by atoms with E-state index in [9.17, 15) is 4.79 Å². The Bertz CT molecular complexity index is 1490. The van der Waals surface area contributed by atoms with Gasteiger partial charge >= 0.3 is 6.09 Å². The maximum atomic E-state index is 15.2. The van der Waals surface area contributed by atoms with Gasteiger partial charge in [0, 0.05) is 29.3 Å². The second-order valence-corrected chi connectivity index (χ2v) is 16.9. The molecule has 0 spiro atoms. The molecule has 5 rings (SSSR count). The van der Waals surface area contributed by atoms with Crippen LogP contribution in [0.15, 0.2) is 47.8 Å². The summed E-state index contributed by atoms with van der Waals surface area (Å²) in [5, 5.41) is 12.1. The van der Waals surface area contributed by atoms with Crippen LogP contribution in [0.1, 0.15) is 38.4 Å². The fourth-order valence-electron chi connectivity index (χ4n) is 4.53. The third-order valence-corrected chi connectivity index (χ3v) is 12.4. The maximum absolute atomic E-state index is 15.2. The first-order chi connectivity index (χ1) is 19.3. The summed E-state index contributed by atoms with van der Waals surface area (Å²) in [6.45, 7) is 13.7. The highest BCUT2D eigenvalue weighted by Crippen LogP contribution is 2.37. The van der Waals surface area contributed by atoms with Crippen LogP contribution in [0.5, 0.6) is 0 Å². The van der Waals surface area contributed by atoms with Gasteiger partial charge in [0.1, 0.15) is 17.7 Å². The minimum absolute atomic E-state index is 0.0831. The lowest BCUT2D eigenvalue weighted by molar-refractivity contribution is 0.0427. The van der Waals surface area contributed by atoms with E-state index >= 15 is 8.78 Å². The molecule has 1 aromatic heterocycles. The Morgan fingerprint density at radius 1 is 1.07 bits per heavy atom. The van der Waals surface area contributed by atoms with Gasteiger partial charge in [0.2, 0.25) is 0 Å². The van der Waals surface area contributed by atoms with Gasteiger partial charge in [-0.3, -0.25) is 4.90 Å². The van der Waals surface area contributed by atoms with Crippen LogP contribution in [-0.2, 0) is 20.5 Å². The Labute approximate surface area is 239 Å². The highest BCUT2D eigenvalue weighted by Gasteiger charge is 2.38. The summed E-state index contributed by atoms with van der Waals surface area (Å²) >= 11 is 0. The van der Waals surface area contributed by atoms with Gasteiger partial charge in [0.05, 0.1) is 36.8 Å². The molecular formula is C29H35F2N5O4Si. The molecule has 1 amide bonds. The first-order valence-electron chi connectivity index (χ1n) is 13.6. The van der Waals surface area contributed by atoms with E-state index in [2.05, 4.69) is 49.3 Å². The molecule has 0 saturated carbocycles. The van der Waals surface area contributed by atoms with Crippen molar-refractivity contribution in [1.82, 2.24) is 15.0 Å². The predicted octanol–water partition coefficient (Wildman–Crippen LogP) is 6.07. The molecule has 41 heavy (non-hydrogen) atoms. The molecule has 0 aliphatic carbocycles. The second kappa shape index (κ2) is 11.0. The Hall–Kier alpha value is -3.64. The fourth-order valence-corrected chi connectivity index (χ4v) is 5.57. The molecule has 1 fully saturated rings. The quantitative estimate of drug-likeness (QED) is 0.299. The molecule has 218 valence electrons. The van der Waals surface area contributed by atoms with E-state index < -0.39 is 32.1 Å². The van der Waals surface area contributed by atoms with Crippen molar-refractivity contribution in [3.8, 4) is 11.1 Å². The largest absolute Gasteiger partial charge is 0.442 e. The average molecular weight is 584 g/mol. The molecule has 9 nitrogen and oxygen atoms in total. The normalized spacial score (nSPS) is 19.4. The summed E-state index contributed by atoms with van der Waals surface area (Å²) in [7, 11) is -1.93. The van der Waals surface area contributed by atoms with Crippen molar-refractivity contribution in [2.24, 2.45) is 5.16 Å². The average Bonchev–Trinajstić information content (AvgIpc) is 3.63. The second-order valence-electron chi connectivity index (χ2n) is 12.1. The number of carbonyl (C=O) groups is 1. The number of nitrogens with zero attached hydrogens (tertiary/aromatic N) is 5. The van der Waals surface area contributed by atoms with Gasteiger partial charge in [0.15, 0.2) is 14.4 Å². The van der Waals surface area contributed by atoms with E-state index in [1.54, 1.807) is 23.0 Å². The van der Waals surface area contributed by atoms with Crippen LogP contribution in [-0.4, -0.2) is 60.5 Å². The number of halogens is 2. The zero-order chi connectivity index (χ0) is 29.5. The van der Waals surface area contributed by atoms with Gasteiger partial charge in [-0.2, -0.15) is 0 Å². The summed E-state index contributed by atoms with van der Waals surface area (Å²) in [6.07, 6.45) is 0.975. The standard InChI is InChI=1S/C29H35F2N5O4Si/c1-18-14-35(34-32-18)15-22-16-36(28(37)39-22)20-8-10-24(26(31)12-20)23-9-7-19(11-25(23)30)27-13-21(40-33-27)17-38-41(5,6)29(2,3)4/h7-12,14,21-22H,13,15-17H2,1-6H3/t21?,22-/m0/s1. The summed E-state index contributed by atoms with van der Waals surface area (Å²) in [6, 6.07) is 8.85. The summed E-state index contributed by atoms with van der Waals surface area (Å²) < 4.78 is 43.7. The van der Waals surface area contributed by atoms with Gasteiger partial charge in [-0.1, -0.05) is 43.3 Å². The van der Waals surface area contributed by atoms with Crippen molar-refractivity contribution in [2.75, 3.05) is 18.1 Å². The van der Waals surface area contributed by atoms with Crippen LogP contribution in [0.4, 0.5) is 19.3 Å². The summed E-state index contributed by atoms with van der Waals surface area (Å²) in [5.74, 6) is -1.23. The van der Waals surface area contributed by atoms with E-state index in [-0.39, 0.29) is 28.8 Å². The number of oxime groups is 1. The zero-order valence-corrected chi connectivity index (χ0v) is 25.1. The molecule has 2 aliphatic heterocycles. The van der Waals surface area contributed by atoms with E-state index in [1.807, 2.05) is 6.92 Å². The summed E-state index contributed by atoms with van der Waals surface area (Å²) in [4.78, 5) is 19.4. The van der Waals surface area contributed by atoms with Crippen molar-refractivity contribution in [2.45, 2.75) is 71.0 Å². The zero-order valence-electron chi connectivity index (χ0n) is 24.1. The highest BCUT2D eigenvalue weighted by atomic mass is 28.4. The first-order valence-corrected chi connectivity index (χ1v) is 16.5. The molecule has 3 heterocycles. The number of anilines is 1. The lowest BCUT2D eigenvalue weighted by Crippen LogP contribution is -2.42. The van der Waals surface area contributed by atoms with Crippen molar-refractivity contribution in [1.29, 1.82) is 0 Å². The third-order valence-electron chi connectivity index (χ3n) is 7.94. The number of ether oxygens (including phenoxy) is 1. The van der Waals surface area contributed by atoms with Crippen LogP contribution in [0.2, 0.25) is 18.1 Å². The van der Waals surface area contributed by atoms with Crippen LogP contribution < -0.4 is 4.90 Å². The molecule has 0 bridgehead atoms. The molecule has 12 heteroatoms. The molecule has 2 aliphatic rings. The van der Waals surface area contributed by atoms with E-state index in [4.69, 9.17) is 14.0 Å². The van der Waals surface area contributed by atoms with Gasteiger partial charge in [-0.15, -0.1) is 5.10 Å². The van der Waals surface area contributed by atoms with Crippen molar-refractivity contribution < 1.29 is 27.6 Å². The van der Waals surface area contributed by atoms with Crippen LogP contribution in [0.25, 0.3) is 11.1 Å². The van der Waals surface area contributed by atoms with Gasteiger partial charge < -0.3 is 14.0 Å². The Balaban J connectivity index is 1.23. The van der Waals surface area contributed by atoms with Gasteiger partial charge in [0.25, 0.3) is 0 Å². The molecule has 1 saturated heterocycles. The molecular weight excluding hydrogens is 548 g/mol. The summed E-state index contributed by atoms with van der Waals surface area (Å²) in [5.41, 5.74) is 2.48. The van der Waals surface area contributed by atoms with Crippen LogP contribution >= 0.6 is 0 Å². The van der Waals surface area contributed by atoms with Crippen molar-refractivity contribution in [3.05, 3.63) is 65.5 Å². The monoisotopic (exact) mass is 583 g/mol. The molecule has 1 unspecified atom stereocenters. The number of carbonyl (C=O) groups excluding carboxylic acids is 1. The van der Waals surface area contributed by atoms with Crippen molar-refractivity contribution >= 4 is 25.8 Å². The lowest BCUT2D eigenvalue weighted by Gasteiger charge is -2.36. The van der Waals surface area contributed by atoms with Crippen LogP contribution in [0.3, 0.4) is 0 Å². The van der Waals surface area contributed by atoms with E-state index in [0.717, 1.165) is 5.69 Å². The molecule has 0 N–H and O–H groups in total. The minimum atomic E-state index is -1.93. The Kier molecular flexibility index (Phi) is 7.73. The molecule has 2 atom stereocenters. The lowest BCUT2D eigenvalue weighted by atomic mass is 9.99. The minimum Gasteiger partial charge on any atom is -0.442 e. The third kappa shape index (κ3) is 6.18. The maximum Gasteiger partial charge on any atom is 0.414 e. The number of hydrogen-bond acceptors (Lipinski definition) is 7. The Morgan fingerprint density at radius 3 is 2.41 bits per heavy atom. The molecule has 0 radical (unpaired) electrons. The van der Waals surface area contributed by atoms with Gasteiger partial charge in [-0.05, 0) is 49.3 Å². The van der Waals surface area contributed by atoms with E-state index in [0.29, 0.717) is 36.5 Å². The smallest absolute Gasteiger partial charge is 0.414 e. The fraction of sp³-hybridized carbons (Fsp3) is 0.448. The topological polar surface area (TPSA) is 91.1 Å². The van der Waals surface area contributed by atoms with Crippen LogP contribution in [0, 0.1) is 18.6 Å². The number of rotatable bonds is 8. The first kappa shape index (κ1) is 28.9. The Morgan fingerprint density at radius 2 is 1.78 bits per heavy atom. The number of aryl methyl sites for hydroxylation is 1. The van der Waals surface area contributed by atoms with E-state index in [1.165, 1.54) is 29.2 Å². The SMILES string of the molecule is Cc1cn(C[C@H]2CN(c3ccc(-c4ccc(C5=NOC(CO[Si](C)(C)C(C)(C)C)C5)cc4F)c(F)c3)C(=O)O2)nn1. The van der Waals surface area contributed by atoms with Gasteiger partial charge in [-0.25, -0.2) is 18.3 Å². The predicted molar refractivity (Wildman–Crippen MR) is 153 cm³/mol. The van der Waals surface area contributed by atoms with Crippen molar-refractivity contribution in [3.63, 3.8) is 0 Å². The number of amides is 1.